The SMILES string of the molecule is CCCCC1=C(O[Si](CC)(CC)CC)CCC[C@@H]1/C=C/COC1CCCCC1. The lowest BCUT2D eigenvalue weighted by Crippen LogP contribution is -2.36. The van der Waals surface area contributed by atoms with Crippen LogP contribution in [0.5, 0.6) is 0 Å². The molecule has 0 amide bonds. The fraction of sp³-hybridized carbons (Fsp3) is 0.840. The van der Waals surface area contributed by atoms with Crippen molar-refractivity contribution in [1.29, 1.82) is 0 Å². The van der Waals surface area contributed by atoms with Crippen molar-refractivity contribution in [3.8, 4) is 0 Å². The molecule has 3 heteroatoms. The van der Waals surface area contributed by atoms with Gasteiger partial charge in [0.1, 0.15) is 0 Å². The van der Waals surface area contributed by atoms with E-state index in [1.807, 2.05) is 0 Å². The van der Waals surface area contributed by atoms with Crippen LogP contribution in [0.1, 0.15) is 98.3 Å². The second-order valence-electron chi connectivity index (χ2n) is 8.92. The number of rotatable bonds is 12. The average Bonchev–Trinajstić information content (AvgIpc) is 2.75. The van der Waals surface area contributed by atoms with E-state index in [1.54, 1.807) is 5.57 Å². The van der Waals surface area contributed by atoms with E-state index in [0.717, 1.165) is 13.0 Å². The Morgan fingerprint density at radius 3 is 2.29 bits per heavy atom. The molecule has 2 nitrogen and oxygen atoms in total. The van der Waals surface area contributed by atoms with Gasteiger partial charge in [-0.25, -0.2) is 0 Å². The summed E-state index contributed by atoms with van der Waals surface area (Å²) < 4.78 is 13.0. The number of hydrogen-bond donors (Lipinski definition) is 0. The van der Waals surface area contributed by atoms with Gasteiger partial charge in [0.2, 0.25) is 8.32 Å². The van der Waals surface area contributed by atoms with E-state index in [4.69, 9.17) is 9.16 Å². The fourth-order valence-corrected chi connectivity index (χ4v) is 7.61. The van der Waals surface area contributed by atoms with Crippen LogP contribution in [0.4, 0.5) is 0 Å². The topological polar surface area (TPSA) is 18.5 Å². The molecule has 2 aliphatic carbocycles. The van der Waals surface area contributed by atoms with Gasteiger partial charge in [-0.1, -0.05) is 65.5 Å². The molecule has 1 fully saturated rings. The minimum atomic E-state index is -1.58. The van der Waals surface area contributed by atoms with Gasteiger partial charge in [0.15, 0.2) is 0 Å². The van der Waals surface area contributed by atoms with Crippen molar-refractivity contribution in [1.82, 2.24) is 0 Å². The third kappa shape index (κ3) is 7.06. The van der Waals surface area contributed by atoms with Crippen LogP contribution in [0.25, 0.3) is 0 Å². The number of ether oxygens (including phenoxy) is 1. The van der Waals surface area contributed by atoms with Crippen molar-refractivity contribution < 1.29 is 9.16 Å². The number of hydrogen-bond acceptors (Lipinski definition) is 2. The predicted molar refractivity (Wildman–Crippen MR) is 124 cm³/mol. The van der Waals surface area contributed by atoms with Gasteiger partial charge in [-0.15, -0.1) is 0 Å². The normalized spacial score (nSPS) is 22.2. The van der Waals surface area contributed by atoms with Crippen molar-refractivity contribution >= 4 is 8.32 Å². The van der Waals surface area contributed by atoms with Crippen molar-refractivity contribution in [3.63, 3.8) is 0 Å². The van der Waals surface area contributed by atoms with Crippen LogP contribution in [0.2, 0.25) is 18.1 Å². The third-order valence-electron chi connectivity index (χ3n) is 7.15. The maximum Gasteiger partial charge on any atom is 0.250 e. The Morgan fingerprint density at radius 2 is 1.64 bits per heavy atom. The summed E-state index contributed by atoms with van der Waals surface area (Å²) in [5.74, 6) is 1.96. The van der Waals surface area contributed by atoms with Crippen molar-refractivity contribution in [3.05, 3.63) is 23.5 Å². The summed E-state index contributed by atoms with van der Waals surface area (Å²) in [4.78, 5) is 0. The van der Waals surface area contributed by atoms with Gasteiger partial charge < -0.3 is 9.16 Å². The second-order valence-corrected chi connectivity index (χ2v) is 13.6. The van der Waals surface area contributed by atoms with Gasteiger partial charge in [0, 0.05) is 12.3 Å². The molecule has 0 radical (unpaired) electrons. The van der Waals surface area contributed by atoms with Gasteiger partial charge >= 0.3 is 0 Å². The number of unbranched alkanes of at least 4 members (excludes halogenated alkanes) is 1. The molecule has 0 unspecified atom stereocenters. The van der Waals surface area contributed by atoms with Gasteiger partial charge in [-0.2, -0.15) is 0 Å². The Morgan fingerprint density at radius 1 is 0.929 bits per heavy atom. The molecule has 0 saturated heterocycles. The standard InChI is InChI=1S/C25H46O2Si/c1-5-9-19-24-22(16-14-21-26-23-17-11-10-12-18-23)15-13-20-25(24)27-28(6-2,7-3)8-4/h14,16,22-23H,5-13,15,17-21H2,1-4H3/b16-14+/t22-/m1/s1. The third-order valence-corrected chi connectivity index (χ3v) is 11.7. The molecule has 0 spiro atoms. The molecule has 0 bridgehead atoms. The molecule has 0 aromatic heterocycles. The molecule has 0 heterocycles. The zero-order chi connectivity index (χ0) is 20.2. The predicted octanol–water partition coefficient (Wildman–Crippen LogP) is 8.16. The molecular weight excluding hydrogens is 360 g/mol. The van der Waals surface area contributed by atoms with Crippen LogP contribution < -0.4 is 0 Å². The Kier molecular flexibility index (Phi) is 10.9. The molecule has 0 aliphatic heterocycles. The first-order chi connectivity index (χ1) is 13.7. The minimum absolute atomic E-state index is 0.504. The summed E-state index contributed by atoms with van der Waals surface area (Å²) in [5, 5.41) is 0. The largest absolute Gasteiger partial charge is 0.547 e. The van der Waals surface area contributed by atoms with Crippen LogP contribution >= 0.6 is 0 Å². The second kappa shape index (κ2) is 12.9. The van der Waals surface area contributed by atoms with Gasteiger partial charge in [0.05, 0.1) is 18.5 Å². The summed E-state index contributed by atoms with van der Waals surface area (Å²) in [6.45, 7) is 10.1. The van der Waals surface area contributed by atoms with E-state index >= 15 is 0 Å². The molecule has 0 aromatic rings. The van der Waals surface area contributed by atoms with Gasteiger partial charge in [-0.05, 0) is 62.2 Å². The Balaban J connectivity index is 2.04. The lowest BCUT2D eigenvalue weighted by atomic mass is 9.83. The molecule has 28 heavy (non-hydrogen) atoms. The van der Waals surface area contributed by atoms with E-state index < -0.39 is 8.32 Å². The van der Waals surface area contributed by atoms with Gasteiger partial charge in [-0.3, -0.25) is 0 Å². The summed E-state index contributed by atoms with van der Waals surface area (Å²) in [6.07, 6.45) is 19.3. The molecule has 0 N–H and O–H groups in total. The van der Waals surface area contributed by atoms with Crippen molar-refractivity contribution in [2.45, 2.75) is 123 Å². The van der Waals surface area contributed by atoms with E-state index in [2.05, 4.69) is 39.8 Å². The van der Waals surface area contributed by atoms with Crippen molar-refractivity contribution in [2.24, 2.45) is 5.92 Å². The van der Waals surface area contributed by atoms with E-state index in [0.29, 0.717) is 12.0 Å². The zero-order valence-corrected chi connectivity index (χ0v) is 20.2. The highest BCUT2D eigenvalue weighted by Crippen LogP contribution is 2.38. The Bertz CT molecular complexity index is 479. The molecule has 0 aromatic carbocycles. The van der Waals surface area contributed by atoms with Crippen molar-refractivity contribution in [2.75, 3.05) is 6.61 Å². The first-order valence-electron chi connectivity index (χ1n) is 12.4. The maximum absolute atomic E-state index is 6.92. The Labute approximate surface area is 176 Å². The van der Waals surface area contributed by atoms with Crippen LogP contribution in [-0.4, -0.2) is 21.0 Å². The quantitative estimate of drug-likeness (QED) is 0.240. The van der Waals surface area contributed by atoms with Gasteiger partial charge in [0.25, 0.3) is 0 Å². The smallest absolute Gasteiger partial charge is 0.250 e. The summed E-state index contributed by atoms with van der Waals surface area (Å²) in [6, 6.07) is 3.71. The highest BCUT2D eigenvalue weighted by atomic mass is 28.4. The van der Waals surface area contributed by atoms with Crippen LogP contribution in [0.3, 0.4) is 0 Å². The molecule has 2 aliphatic rings. The van der Waals surface area contributed by atoms with Crippen LogP contribution in [0.15, 0.2) is 23.5 Å². The average molecular weight is 407 g/mol. The first-order valence-corrected chi connectivity index (χ1v) is 14.9. The first kappa shape index (κ1) is 23.7. The highest BCUT2D eigenvalue weighted by Gasteiger charge is 2.33. The maximum atomic E-state index is 6.92. The lowest BCUT2D eigenvalue weighted by Gasteiger charge is -2.35. The van der Waals surface area contributed by atoms with E-state index in [1.165, 1.54) is 88.1 Å². The molecule has 162 valence electrons. The summed E-state index contributed by atoms with van der Waals surface area (Å²) >= 11 is 0. The van der Waals surface area contributed by atoms with Crippen LogP contribution in [-0.2, 0) is 9.16 Å². The molecular formula is C25H46O2Si. The highest BCUT2D eigenvalue weighted by molar-refractivity contribution is 6.73. The Hall–Kier alpha value is -0.543. The van der Waals surface area contributed by atoms with E-state index in [-0.39, 0.29) is 0 Å². The zero-order valence-electron chi connectivity index (χ0n) is 19.2. The fourth-order valence-electron chi connectivity index (χ4n) is 4.92. The monoisotopic (exact) mass is 406 g/mol. The minimum Gasteiger partial charge on any atom is -0.547 e. The summed E-state index contributed by atoms with van der Waals surface area (Å²) in [5.41, 5.74) is 1.62. The van der Waals surface area contributed by atoms with Crippen LogP contribution in [0, 0.1) is 5.92 Å². The molecule has 1 saturated carbocycles. The lowest BCUT2D eigenvalue weighted by molar-refractivity contribution is 0.0464. The van der Waals surface area contributed by atoms with E-state index in [9.17, 15) is 0 Å². The molecule has 1 atom stereocenters. The molecule has 2 rings (SSSR count). The summed E-state index contributed by atoms with van der Waals surface area (Å²) in [7, 11) is -1.58. The number of allylic oxidation sites excluding steroid dienone is 3.